The highest BCUT2D eigenvalue weighted by atomic mass is 35.5. The standard InChI is InChI=1S/C17H19ClF3N3O4/c1-9(2)14(15(26)28-8-13(25)24-6-5-22-16(24)27)23-12-4-3-10(7-11(12)18)17(19,20)21/h3-4,7,9,14,23H,5-6,8H2,1-2H3,(H,22,27). The van der Waals surface area contributed by atoms with Crippen LogP contribution in [0, 0.1) is 5.92 Å². The Hall–Kier alpha value is -2.49. The van der Waals surface area contributed by atoms with Gasteiger partial charge in [-0.25, -0.2) is 9.59 Å². The van der Waals surface area contributed by atoms with Crippen molar-refractivity contribution in [2.45, 2.75) is 26.1 Å². The zero-order valence-corrected chi connectivity index (χ0v) is 15.9. The molecule has 2 rings (SSSR count). The Bertz CT molecular complexity index is 771. The van der Waals surface area contributed by atoms with Gasteiger partial charge in [-0.15, -0.1) is 0 Å². The van der Waals surface area contributed by atoms with E-state index in [-0.39, 0.29) is 23.2 Å². The summed E-state index contributed by atoms with van der Waals surface area (Å²) in [7, 11) is 0. The lowest BCUT2D eigenvalue weighted by Gasteiger charge is -2.23. The lowest BCUT2D eigenvalue weighted by molar-refractivity contribution is -0.152. The summed E-state index contributed by atoms with van der Waals surface area (Å²) < 4.78 is 43.2. The second-order valence-corrected chi connectivity index (χ2v) is 6.85. The van der Waals surface area contributed by atoms with Gasteiger partial charge in [-0.3, -0.25) is 9.69 Å². The number of nitrogens with one attached hydrogen (secondary N) is 2. The molecule has 11 heteroatoms. The molecule has 3 amide bonds. The van der Waals surface area contributed by atoms with Crippen molar-refractivity contribution in [2.75, 3.05) is 25.0 Å². The summed E-state index contributed by atoms with van der Waals surface area (Å²) in [5.41, 5.74) is -0.795. The molecule has 1 fully saturated rings. The normalized spacial score (nSPS) is 15.4. The van der Waals surface area contributed by atoms with E-state index in [9.17, 15) is 27.6 Å². The number of hydrogen-bond acceptors (Lipinski definition) is 5. The molecule has 1 saturated heterocycles. The minimum Gasteiger partial charge on any atom is -0.454 e. The fourth-order valence-corrected chi connectivity index (χ4v) is 2.72. The maximum Gasteiger partial charge on any atom is 0.416 e. The smallest absolute Gasteiger partial charge is 0.416 e. The number of esters is 1. The van der Waals surface area contributed by atoms with Crippen molar-refractivity contribution >= 4 is 35.2 Å². The fraction of sp³-hybridized carbons (Fsp3) is 0.471. The third kappa shape index (κ3) is 5.28. The first-order valence-electron chi connectivity index (χ1n) is 8.39. The number of alkyl halides is 3. The molecule has 154 valence electrons. The molecule has 1 unspecified atom stereocenters. The lowest BCUT2D eigenvalue weighted by Crippen LogP contribution is -2.40. The minimum absolute atomic E-state index is 0.121. The predicted octanol–water partition coefficient (Wildman–Crippen LogP) is 2.89. The van der Waals surface area contributed by atoms with E-state index < -0.39 is 42.3 Å². The van der Waals surface area contributed by atoms with Gasteiger partial charge in [0.25, 0.3) is 5.91 Å². The lowest BCUT2D eigenvalue weighted by atomic mass is 10.0. The number of carbonyl (C=O) groups is 3. The topological polar surface area (TPSA) is 87.7 Å². The molecule has 0 radical (unpaired) electrons. The largest absolute Gasteiger partial charge is 0.454 e. The average molecular weight is 422 g/mol. The van der Waals surface area contributed by atoms with E-state index in [1.165, 1.54) is 0 Å². The summed E-state index contributed by atoms with van der Waals surface area (Å²) in [6.07, 6.45) is -4.54. The van der Waals surface area contributed by atoms with Gasteiger partial charge in [-0.1, -0.05) is 25.4 Å². The molecular formula is C17H19ClF3N3O4. The molecule has 1 aliphatic heterocycles. The molecule has 1 aliphatic rings. The van der Waals surface area contributed by atoms with Gasteiger partial charge in [0, 0.05) is 13.1 Å². The maximum atomic E-state index is 12.7. The fourth-order valence-electron chi connectivity index (χ4n) is 2.48. The molecule has 0 bridgehead atoms. The molecule has 0 aromatic heterocycles. The average Bonchev–Trinajstić information content (AvgIpc) is 3.03. The Balaban J connectivity index is 2.03. The Morgan fingerprint density at radius 1 is 1.36 bits per heavy atom. The van der Waals surface area contributed by atoms with E-state index in [1.807, 2.05) is 0 Å². The van der Waals surface area contributed by atoms with E-state index >= 15 is 0 Å². The van der Waals surface area contributed by atoms with Gasteiger partial charge in [-0.05, 0) is 24.1 Å². The van der Waals surface area contributed by atoms with Crippen molar-refractivity contribution in [3.05, 3.63) is 28.8 Å². The molecule has 0 aliphatic carbocycles. The molecule has 2 N–H and O–H groups in total. The summed E-state index contributed by atoms with van der Waals surface area (Å²) in [5, 5.41) is 4.99. The maximum absolute atomic E-state index is 12.7. The molecule has 1 aromatic rings. The first kappa shape index (κ1) is 21.8. The van der Waals surface area contributed by atoms with Crippen LogP contribution in [0.5, 0.6) is 0 Å². The molecule has 0 saturated carbocycles. The molecule has 28 heavy (non-hydrogen) atoms. The van der Waals surface area contributed by atoms with Gasteiger partial charge in [0.15, 0.2) is 6.61 Å². The highest BCUT2D eigenvalue weighted by Crippen LogP contribution is 2.34. The highest BCUT2D eigenvalue weighted by Gasteiger charge is 2.32. The molecule has 1 heterocycles. The summed E-state index contributed by atoms with van der Waals surface area (Å²) >= 11 is 5.90. The van der Waals surface area contributed by atoms with Crippen molar-refractivity contribution < 1.29 is 32.3 Å². The van der Waals surface area contributed by atoms with Crippen LogP contribution in [0.2, 0.25) is 5.02 Å². The van der Waals surface area contributed by atoms with Gasteiger partial charge in [0.05, 0.1) is 16.3 Å². The van der Waals surface area contributed by atoms with Gasteiger partial charge < -0.3 is 15.4 Å². The number of hydrogen-bond donors (Lipinski definition) is 2. The highest BCUT2D eigenvalue weighted by molar-refractivity contribution is 6.33. The number of urea groups is 1. The van der Waals surface area contributed by atoms with E-state index in [1.54, 1.807) is 13.8 Å². The first-order chi connectivity index (χ1) is 13.0. The monoisotopic (exact) mass is 421 g/mol. The predicted molar refractivity (Wildman–Crippen MR) is 94.8 cm³/mol. The second-order valence-electron chi connectivity index (χ2n) is 6.44. The van der Waals surface area contributed by atoms with E-state index in [4.69, 9.17) is 16.3 Å². The van der Waals surface area contributed by atoms with Crippen molar-refractivity contribution in [2.24, 2.45) is 5.92 Å². The number of rotatable bonds is 6. The van der Waals surface area contributed by atoms with E-state index in [0.717, 1.165) is 23.1 Å². The van der Waals surface area contributed by atoms with Crippen LogP contribution >= 0.6 is 11.6 Å². The molecule has 0 spiro atoms. The zero-order valence-electron chi connectivity index (χ0n) is 15.1. The number of nitrogens with zero attached hydrogens (tertiary/aromatic N) is 1. The van der Waals surface area contributed by atoms with Gasteiger partial charge >= 0.3 is 18.2 Å². The summed E-state index contributed by atoms with van der Waals surface area (Å²) in [5.74, 6) is -1.78. The third-order valence-corrected chi connectivity index (χ3v) is 4.34. The molecule has 1 atom stereocenters. The van der Waals surface area contributed by atoms with Gasteiger partial charge in [0.1, 0.15) is 6.04 Å². The third-order valence-electron chi connectivity index (χ3n) is 4.02. The second kappa shape index (κ2) is 8.68. The Morgan fingerprint density at radius 3 is 2.54 bits per heavy atom. The minimum atomic E-state index is -4.54. The summed E-state index contributed by atoms with van der Waals surface area (Å²) in [4.78, 5) is 36.6. The SMILES string of the molecule is CC(C)C(Nc1ccc(C(F)(F)F)cc1Cl)C(=O)OCC(=O)N1CCNC1=O. The summed E-state index contributed by atoms with van der Waals surface area (Å²) in [6, 6.07) is 1.19. The first-order valence-corrected chi connectivity index (χ1v) is 8.76. The number of benzene rings is 1. The van der Waals surface area contributed by atoms with E-state index in [0.29, 0.717) is 6.54 Å². The number of imide groups is 1. The van der Waals surface area contributed by atoms with Crippen LogP contribution in [-0.4, -0.2) is 48.5 Å². The Morgan fingerprint density at radius 2 is 2.04 bits per heavy atom. The number of halogens is 4. The Kier molecular flexibility index (Phi) is 6.76. The Labute approximate surface area is 164 Å². The quantitative estimate of drug-likeness (QED) is 0.690. The summed E-state index contributed by atoms with van der Waals surface area (Å²) in [6.45, 7) is 3.25. The molecule has 7 nitrogen and oxygen atoms in total. The van der Waals surface area contributed by atoms with Crippen molar-refractivity contribution in [3.8, 4) is 0 Å². The van der Waals surface area contributed by atoms with Crippen LogP contribution in [0.4, 0.5) is 23.7 Å². The van der Waals surface area contributed by atoms with Crippen molar-refractivity contribution in [1.29, 1.82) is 0 Å². The van der Waals surface area contributed by atoms with Crippen molar-refractivity contribution in [3.63, 3.8) is 0 Å². The van der Waals surface area contributed by atoms with Crippen LogP contribution < -0.4 is 10.6 Å². The van der Waals surface area contributed by atoms with Crippen LogP contribution in [0.25, 0.3) is 0 Å². The van der Waals surface area contributed by atoms with Crippen LogP contribution in [0.3, 0.4) is 0 Å². The number of carbonyl (C=O) groups excluding carboxylic acids is 3. The number of amides is 3. The zero-order chi connectivity index (χ0) is 21.1. The van der Waals surface area contributed by atoms with Crippen LogP contribution in [0.15, 0.2) is 18.2 Å². The van der Waals surface area contributed by atoms with E-state index in [2.05, 4.69) is 10.6 Å². The molecular weight excluding hydrogens is 403 g/mol. The van der Waals surface area contributed by atoms with Crippen LogP contribution in [-0.2, 0) is 20.5 Å². The van der Waals surface area contributed by atoms with Crippen LogP contribution in [0.1, 0.15) is 19.4 Å². The van der Waals surface area contributed by atoms with Gasteiger partial charge in [0.2, 0.25) is 0 Å². The number of anilines is 1. The number of ether oxygens (including phenoxy) is 1. The molecule has 1 aromatic carbocycles. The van der Waals surface area contributed by atoms with Gasteiger partial charge in [-0.2, -0.15) is 13.2 Å². The van der Waals surface area contributed by atoms with Crippen molar-refractivity contribution in [1.82, 2.24) is 10.2 Å².